The van der Waals surface area contributed by atoms with Gasteiger partial charge in [0.2, 0.25) is 0 Å². The van der Waals surface area contributed by atoms with Gasteiger partial charge in [0.15, 0.2) is 0 Å². The van der Waals surface area contributed by atoms with Crippen LogP contribution in [0.4, 0.5) is 5.69 Å². The average Bonchev–Trinajstić information content (AvgIpc) is 3.12. The van der Waals surface area contributed by atoms with Crippen LogP contribution < -0.4 is 4.90 Å². The van der Waals surface area contributed by atoms with Crippen molar-refractivity contribution in [2.45, 2.75) is 12.8 Å². The molecule has 0 saturated carbocycles. The molecular formula is C23H24Cl2N2OS. The number of anilines is 1. The van der Waals surface area contributed by atoms with Crippen LogP contribution in [0.1, 0.15) is 17.5 Å². The molecule has 3 nitrogen and oxygen atoms in total. The van der Waals surface area contributed by atoms with Gasteiger partial charge in [0.1, 0.15) is 0 Å². The second-order valence-electron chi connectivity index (χ2n) is 7.73. The highest BCUT2D eigenvalue weighted by atomic mass is 35.5. The third-order valence-corrected chi connectivity index (χ3v) is 7.31. The van der Waals surface area contributed by atoms with Gasteiger partial charge in [-0.2, -0.15) is 0 Å². The van der Waals surface area contributed by atoms with E-state index < -0.39 is 0 Å². The monoisotopic (exact) mass is 446 g/mol. The molecule has 0 aliphatic carbocycles. The Kier molecular flexibility index (Phi) is 6.55. The number of halogens is 2. The number of hydrogen-bond acceptors (Lipinski definition) is 3. The van der Waals surface area contributed by atoms with Gasteiger partial charge in [0.25, 0.3) is 5.91 Å². The molecule has 2 aliphatic rings. The number of amides is 1. The molecule has 2 heterocycles. The molecule has 29 heavy (non-hydrogen) atoms. The lowest BCUT2D eigenvalue weighted by atomic mass is 9.95. The van der Waals surface area contributed by atoms with E-state index in [2.05, 4.69) is 36.2 Å². The van der Waals surface area contributed by atoms with Crippen LogP contribution in [0.5, 0.6) is 0 Å². The van der Waals surface area contributed by atoms with E-state index in [0.29, 0.717) is 22.5 Å². The molecule has 1 unspecified atom stereocenters. The minimum Gasteiger partial charge on any atom is -0.307 e. The van der Waals surface area contributed by atoms with E-state index >= 15 is 0 Å². The standard InChI is InChI=1S/C23H24Cl2N2OS/c1-26-9-8-16(15-26)12-17-4-2-3-5-18(17)13-22-23(28)27(10-11-29-22)19-6-7-20(24)21(25)14-19/h2-7,13-14,16H,8-12,15H2,1H3. The molecule has 0 aromatic heterocycles. The average molecular weight is 447 g/mol. The molecule has 0 spiro atoms. The minimum atomic E-state index is 0.0232. The maximum atomic E-state index is 13.2. The first kappa shape index (κ1) is 20.8. The normalized spacial score (nSPS) is 21.9. The zero-order valence-electron chi connectivity index (χ0n) is 16.4. The van der Waals surface area contributed by atoms with Crippen molar-refractivity contribution in [3.63, 3.8) is 0 Å². The van der Waals surface area contributed by atoms with E-state index in [0.717, 1.165) is 34.9 Å². The van der Waals surface area contributed by atoms with Crippen LogP contribution in [0.15, 0.2) is 47.4 Å². The first-order chi connectivity index (χ1) is 14.0. The Labute approximate surface area is 186 Å². The van der Waals surface area contributed by atoms with Gasteiger partial charge in [-0.1, -0.05) is 47.5 Å². The topological polar surface area (TPSA) is 23.6 Å². The summed E-state index contributed by atoms with van der Waals surface area (Å²) in [7, 11) is 2.18. The van der Waals surface area contributed by atoms with E-state index in [1.54, 1.807) is 28.8 Å². The Morgan fingerprint density at radius 2 is 1.97 bits per heavy atom. The summed E-state index contributed by atoms with van der Waals surface area (Å²) in [4.78, 5) is 18.1. The molecule has 2 aromatic carbocycles. The number of carbonyl (C=O) groups excluding carboxylic acids is 1. The summed E-state index contributed by atoms with van der Waals surface area (Å²) in [6.07, 6.45) is 4.35. The first-order valence-electron chi connectivity index (χ1n) is 9.89. The van der Waals surface area contributed by atoms with Crippen LogP contribution in [0.2, 0.25) is 10.0 Å². The Morgan fingerprint density at radius 1 is 1.14 bits per heavy atom. The molecule has 4 rings (SSSR count). The molecular weight excluding hydrogens is 423 g/mol. The summed E-state index contributed by atoms with van der Waals surface area (Å²) in [6.45, 7) is 2.97. The zero-order valence-corrected chi connectivity index (χ0v) is 18.7. The summed E-state index contributed by atoms with van der Waals surface area (Å²) >= 11 is 13.8. The quantitative estimate of drug-likeness (QED) is 0.570. The molecule has 152 valence electrons. The second kappa shape index (κ2) is 9.13. The van der Waals surface area contributed by atoms with Crippen molar-refractivity contribution >= 4 is 52.6 Å². The van der Waals surface area contributed by atoms with E-state index in [1.807, 2.05) is 12.1 Å². The SMILES string of the molecule is CN1CCC(Cc2ccccc2C=C2SCCN(c3ccc(Cl)c(Cl)c3)C2=O)C1. The molecule has 0 bridgehead atoms. The van der Waals surface area contributed by atoms with Gasteiger partial charge in [0.05, 0.1) is 15.0 Å². The molecule has 1 atom stereocenters. The summed E-state index contributed by atoms with van der Waals surface area (Å²) < 4.78 is 0. The Bertz CT molecular complexity index is 946. The van der Waals surface area contributed by atoms with Crippen molar-refractivity contribution < 1.29 is 4.79 Å². The molecule has 2 saturated heterocycles. The molecule has 6 heteroatoms. The van der Waals surface area contributed by atoms with Crippen LogP contribution in [-0.4, -0.2) is 43.2 Å². The number of nitrogens with zero attached hydrogens (tertiary/aromatic N) is 2. The third kappa shape index (κ3) is 4.83. The van der Waals surface area contributed by atoms with Crippen molar-refractivity contribution in [2.75, 3.05) is 37.3 Å². The Hall–Kier alpha value is -1.46. The van der Waals surface area contributed by atoms with Crippen LogP contribution in [0, 0.1) is 5.92 Å². The fourth-order valence-corrected chi connectivity index (χ4v) is 5.28. The molecule has 0 radical (unpaired) electrons. The van der Waals surface area contributed by atoms with Crippen molar-refractivity contribution in [3.8, 4) is 0 Å². The fourth-order valence-electron chi connectivity index (χ4n) is 4.05. The number of likely N-dealkylation sites (tertiary alicyclic amines) is 1. The highest BCUT2D eigenvalue weighted by Gasteiger charge is 2.26. The Morgan fingerprint density at radius 3 is 2.72 bits per heavy atom. The summed E-state index contributed by atoms with van der Waals surface area (Å²) in [5, 5.41) is 0.962. The third-order valence-electron chi connectivity index (χ3n) is 5.58. The maximum Gasteiger partial charge on any atom is 0.264 e. The highest BCUT2D eigenvalue weighted by Crippen LogP contribution is 2.33. The largest absolute Gasteiger partial charge is 0.307 e. The van der Waals surface area contributed by atoms with Crippen LogP contribution >= 0.6 is 35.0 Å². The molecule has 2 aliphatic heterocycles. The van der Waals surface area contributed by atoms with Crippen LogP contribution in [-0.2, 0) is 11.2 Å². The van der Waals surface area contributed by atoms with Gasteiger partial charge in [-0.15, -0.1) is 11.8 Å². The van der Waals surface area contributed by atoms with Crippen molar-refractivity contribution in [1.29, 1.82) is 0 Å². The van der Waals surface area contributed by atoms with E-state index in [9.17, 15) is 4.79 Å². The zero-order chi connectivity index (χ0) is 20.4. The number of benzene rings is 2. The number of hydrogen-bond donors (Lipinski definition) is 0. The van der Waals surface area contributed by atoms with E-state index in [1.165, 1.54) is 18.5 Å². The number of thioether (sulfide) groups is 1. The van der Waals surface area contributed by atoms with E-state index in [-0.39, 0.29) is 5.91 Å². The van der Waals surface area contributed by atoms with E-state index in [4.69, 9.17) is 23.2 Å². The fraction of sp³-hybridized carbons (Fsp3) is 0.348. The predicted molar refractivity (Wildman–Crippen MR) is 125 cm³/mol. The van der Waals surface area contributed by atoms with Gasteiger partial charge >= 0.3 is 0 Å². The van der Waals surface area contributed by atoms with Gasteiger partial charge in [0, 0.05) is 24.5 Å². The second-order valence-corrected chi connectivity index (χ2v) is 9.68. The van der Waals surface area contributed by atoms with Gasteiger partial charge < -0.3 is 9.80 Å². The lowest BCUT2D eigenvalue weighted by molar-refractivity contribution is -0.114. The lowest BCUT2D eigenvalue weighted by Crippen LogP contribution is -2.37. The summed E-state index contributed by atoms with van der Waals surface area (Å²) in [6, 6.07) is 13.8. The first-order valence-corrected chi connectivity index (χ1v) is 11.6. The van der Waals surface area contributed by atoms with Crippen molar-refractivity contribution in [2.24, 2.45) is 5.92 Å². The van der Waals surface area contributed by atoms with Gasteiger partial charge in [-0.05, 0) is 67.8 Å². The summed E-state index contributed by atoms with van der Waals surface area (Å²) in [5.41, 5.74) is 3.26. The Balaban J connectivity index is 1.57. The maximum absolute atomic E-state index is 13.2. The van der Waals surface area contributed by atoms with Gasteiger partial charge in [-0.25, -0.2) is 0 Å². The van der Waals surface area contributed by atoms with Gasteiger partial charge in [-0.3, -0.25) is 4.79 Å². The number of rotatable bonds is 4. The van der Waals surface area contributed by atoms with Crippen LogP contribution in [0.3, 0.4) is 0 Å². The smallest absolute Gasteiger partial charge is 0.264 e. The molecule has 0 N–H and O–H groups in total. The summed E-state index contributed by atoms with van der Waals surface area (Å²) in [5.74, 6) is 1.56. The minimum absolute atomic E-state index is 0.0232. The molecule has 1 amide bonds. The van der Waals surface area contributed by atoms with Crippen LogP contribution in [0.25, 0.3) is 6.08 Å². The predicted octanol–water partition coefficient (Wildman–Crippen LogP) is 5.61. The van der Waals surface area contributed by atoms with Crippen molar-refractivity contribution in [3.05, 3.63) is 68.5 Å². The molecule has 2 aromatic rings. The highest BCUT2D eigenvalue weighted by molar-refractivity contribution is 8.04. The number of carbonyl (C=O) groups is 1. The van der Waals surface area contributed by atoms with Crippen molar-refractivity contribution in [1.82, 2.24) is 4.90 Å². The lowest BCUT2D eigenvalue weighted by Gasteiger charge is -2.28. The molecule has 2 fully saturated rings.